The predicted molar refractivity (Wildman–Crippen MR) is 95.8 cm³/mol. The van der Waals surface area contributed by atoms with Crippen LogP contribution in [-0.2, 0) is 16.6 Å². The quantitative estimate of drug-likeness (QED) is 0.817. The number of oxazole rings is 1. The van der Waals surface area contributed by atoms with Crippen LogP contribution in [0.3, 0.4) is 0 Å². The third-order valence-electron chi connectivity index (χ3n) is 4.44. The molecule has 7 heteroatoms. The second-order valence-electron chi connectivity index (χ2n) is 6.83. The number of sulfonamides is 1. The number of benzene rings is 1. The van der Waals surface area contributed by atoms with E-state index in [0.29, 0.717) is 37.6 Å². The average molecular weight is 363 g/mol. The maximum Gasteiger partial charge on any atom is 0.243 e. The summed E-state index contributed by atoms with van der Waals surface area (Å²) in [6.07, 6.45) is 1.70. The molecule has 3 rings (SSSR count). The van der Waals surface area contributed by atoms with Crippen molar-refractivity contribution in [1.82, 2.24) is 14.2 Å². The van der Waals surface area contributed by atoms with E-state index < -0.39 is 10.0 Å². The Labute approximate surface area is 149 Å². The standard InChI is InChI=1S/C18H25N3O3S/c1-14(2)18-19-16(13-24-18)12-20-8-10-21(11-9-20)25(22,23)17-6-4-15(3)5-7-17/h4-7,13-14H,8-12H2,1-3H3. The molecule has 136 valence electrons. The van der Waals surface area contributed by atoms with Crippen LogP contribution in [0.15, 0.2) is 39.8 Å². The largest absolute Gasteiger partial charge is 0.448 e. The van der Waals surface area contributed by atoms with Gasteiger partial charge in [0, 0.05) is 38.6 Å². The van der Waals surface area contributed by atoms with Crippen LogP contribution < -0.4 is 0 Å². The molecule has 0 atom stereocenters. The van der Waals surface area contributed by atoms with Crippen LogP contribution in [0.25, 0.3) is 0 Å². The van der Waals surface area contributed by atoms with Gasteiger partial charge < -0.3 is 4.42 Å². The van der Waals surface area contributed by atoms with Crippen molar-refractivity contribution in [2.75, 3.05) is 26.2 Å². The second-order valence-corrected chi connectivity index (χ2v) is 8.76. The maximum absolute atomic E-state index is 12.7. The van der Waals surface area contributed by atoms with Gasteiger partial charge in [0.2, 0.25) is 10.0 Å². The van der Waals surface area contributed by atoms with Crippen molar-refractivity contribution in [3.05, 3.63) is 47.7 Å². The summed E-state index contributed by atoms with van der Waals surface area (Å²) in [4.78, 5) is 7.06. The van der Waals surface area contributed by atoms with E-state index in [1.807, 2.05) is 32.9 Å². The number of aromatic nitrogens is 1. The molecule has 1 aromatic carbocycles. The van der Waals surface area contributed by atoms with Gasteiger partial charge in [0.15, 0.2) is 5.89 Å². The van der Waals surface area contributed by atoms with Crippen molar-refractivity contribution < 1.29 is 12.8 Å². The highest BCUT2D eigenvalue weighted by molar-refractivity contribution is 7.89. The van der Waals surface area contributed by atoms with Gasteiger partial charge in [-0.2, -0.15) is 4.31 Å². The highest BCUT2D eigenvalue weighted by atomic mass is 32.2. The average Bonchev–Trinajstić information content (AvgIpc) is 3.04. The van der Waals surface area contributed by atoms with Crippen molar-refractivity contribution >= 4 is 10.0 Å². The molecule has 0 saturated carbocycles. The number of aryl methyl sites for hydroxylation is 1. The first-order chi connectivity index (χ1) is 11.9. The zero-order valence-corrected chi connectivity index (χ0v) is 15.8. The number of nitrogens with zero attached hydrogens (tertiary/aromatic N) is 3. The van der Waals surface area contributed by atoms with Crippen LogP contribution in [0, 0.1) is 6.92 Å². The molecular weight excluding hydrogens is 338 g/mol. The molecule has 0 bridgehead atoms. The lowest BCUT2D eigenvalue weighted by atomic mass is 10.2. The third-order valence-corrected chi connectivity index (χ3v) is 6.35. The van der Waals surface area contributed by atoms with Gasteiger partial charge in [-0.15, -0.1) is 0 Å². The predicted octanol–water partition coefficient (Wildman–Crippen LogP) is 2.61. The highest BCUT2D eigenvalue weighted by Gasteiger charge is 2.28. The van der Waals surface area contributed by atoms with Crippen LogP contribution in [0.1, 0.15) is 36.9 Å². The van der Waals surface area contributed by atoms with E-state index in [0.717, 1.165) is 17.1 Å². The molecule has 6 nitrogen and oxygen atoms in total. The Kier molecular flexibility index (Phi) is 5.27. The Morgan fingerprint density at radius 1 is 1.12 bits per heavy atom. The fraction of sp³-hybridized carbons (Fsp3) is 0.500. The van der Waals surface area contributed by atoms with Crippen LogP contribution in [0.4, 0.5) is 0 Å². The lowest BCUT2D eigenvalue weighted by molar-refractivity contribution is 0.180. The van der Waals surface area contributed by atoms with E-state index in [2.05, 4.69) is 9.88 Å². The molecule has 2 heterocycles. The van der Waals surface area contributed by atoms with Gasteiger partial charge in [-0.1, -0.05) is 31.5 Å². The monoisotopic (exact) mass is 363 g/mol. The molecule has 0 spiro atoms. The van der Waals surface area contributed by atoms with Crippen molar-refractivity contribution in [3.8, 4) is 0 Å². The second kappa shape index (κ2) is 7.27. The lowest BCUT2D eigenvalue weighted by Gasteiger charge is -2.33. The Morgan fingerprint density at radius 3 is 2.32 bits per heavy atom. The van der Waals surface area contributed by atoms with E-state index in [9.17, 15) is 8.42 Å². The van der Waals surface area contributed by atoms with Crippen LogP contribution >= 0.6 is 0 Å². The first-order valence-corrected chi connectivity index (χ1v) is 10.0. The van der Waals surface area contributed by atoms with Crippen LogP contribution in [0.2, 0.25) is 0 Å². The number of piperazine rings is 1. The van der Waals surface area contributed by atoms with Crippen molar-refractivity contribution in [1.29, 1.82) is 0 Å². The maximum atomic E-state index is 12.7. The third kappa shape index (κ3) is 4.11. The van der Waals surface area contributed by atoms with Gasteiger partial charge in [0.05, 0.1) is 10.6 Å². The summed E-state index contributed by atoms with van der Waals surface area (Å²) in [5.41, 5.74) is 1.95. The summed E-state index contributed by atoms with van der Waals surface area (Å²) in [5.74, 6) is 1.01. The molecular formula is C18H25N3O3S. The van der Waals surface area contributed by atoms with Gasteiger partial charge in [0.25, 0.3) is 0 Å². The topological polar surface area (TPSA) is 66.7 Å². The molecule has 2 aromatic rings. The molecule has 1 fully saturated rings. The molecule has 25 heavy (non-hydrogen) atoms. The van der Waals surface area contributed by atoms with E-state index in [1.54, 1.807) is 22.7 Å². The first-order valence-electron chi connectivity index (χ1n) is 8.60. The van der Waals surface area contributed by atoms with Gasteiger partial charge >= 0.3 is 0 Å². The Hall–Kier alpha value is -1.70. The van der Waals surface area contributed by atoms with E-state index in [-0.39, 0.29) is 5.92 Å². The smallest absolute Gasteiger partial charge is 0.243 e. The van der Waals surface area contributed by atoms with Gasteiger partial charge in [-0.25, -0.2) is 13.4 Å². The Balaban J connectivity index is 1.60. The minimum Gasteiger partial charge on any atom is -0.448 e. The minimum absolute atomic E-state index is 0.269. The number of hydrogen-bond acceptors (Lipinski definition) is 5. The minimum atomic E-state index is -3.41. The Morgan fingerprint density at radius 2 is 1.76 bits per heavy atom. The molecule has 1 aliphatic heterocycles. The summed E-state index contributed by atoms with van der Waals surface area (Å²) in [5, 5.41) is 0. The molecule has 0 radical (unpaired) electrons. The zero-order chi connectivity index (χ0) is 18.0. The molecule has 0 unspecified atom stereocenters. The Bertz CT molecular complexity index is 804. The van der Waals surface area contributed by atoms with Gasteiger partial charge in [-0.3, -0.25) is 4.90 Å². The van der Waals surface area contributed by atoms with Gasteiger partial charge in [-0.05, 0) is 19.1 Å². The summed E-state index contributed by atoms with van der Waals surface area (Å²) >= 11 is 0. The fourth-order valence-electron chi connectivity index (χ4n) is 2.88. The molecule has 0 aliphatic carbocycles. The molecule has 1 saturated heterocycles. The van der Waals surface area contributed by atoms with E-state index in [1.165, 1.54) is 0 Å². The summed E-state index contributed by atoms with van der Waals surface area (Å²) < 4.78 is 32.5. The lowest BCUT2D eigenvalue weighted by Crippen LogP contribution is -2.48. The van der Waals surface area contributed by atoms with Gasteiger partial charge in [0.1, 0.15) is 6.26 Å². The molecule has 1 aromatic heterocycles. The summed E-state index contributed by atoms with van der Waals surface area (Å²) in [7, 11) is -3.41. The van der Waals surface area contributed by atoms with Crippen molar-refractivity contribution in [3.63, 3.8) is 0 Å². The van der Waals surface area contributed by atoms with Crippen molar-refractivity contribution in [2.24, 2.45) is 0 Å². The first kappa shape index (κ1) is 18.1. The van der Waals surface area contributed by atoms with Crippen LogP contribution in [-0.4, -0.2) is 48.8 Å². The zero-order valence-electron chi connectivity index (χ0n) is 15.0. The molecule has 0 N–H and O–H groups in total. The molecule has 0 amide bonds. The highest BCUT2D eigenvalue weighted by Crippen LogP contribution is 2.19. The van der Waals surface area contributed by atoms with E-state index >= 15 is 0 Å². The number of rotatable bonds is 5. The van der Waals surface area contributed by atoms with Crippen LogP contribution in [0.5, 0.6) is 0 Å². The normalized spacial score (nSPS) is 17.3. The SMILES string of the molecule is Cc1ccc(S(=O)(=O)N2CCN(Cc3coc(C(C)C)n3)CC2)cc1. The van der Waals surface area contributed by atoms with Crippen molar-refractivity contribution in [2.45, 2.75) is 38.1 Å². The summed E-state index contributed by atoms with van der Waals surface area (Å²) in [6, 6.07) is 7.03. The summed E-state index contributed by atoms with van der Waals surface area (Å²) in [6.45, 7) is 9.09. The number of hydrogen-bond donors (Lipinski definition) is 0. The molecule has 1 aliphatic rings. The fourth-order valence-corrected chi connectivity index (χ4v) is 4.30. The van der Waals surface area contributed by atoms with E-state index in [4.69, 9.17) is 4.42 Å².